The van der Waals surface area contributed by atoms with Gasteiger partial charge >= 0.3 is 12.1 Å². The van der Waals surface area contributed by atoms with Gasteiger partial charge in [0.05, 0.1) is 5.41 Å². The van der Waals surface area contributed by atoms with E-state index in [1.54, 1.807) is 33.0 Å². The number of carbonyl (C=O) groups is 2. The number of carbonyl (C=O) groups excluding carboxylic acids is 1. The molecule has 24 heavy (non-hydrogen) atoms. The van der Waals surface area contributed by atoms with Crippen LogP contribution in [0.15, 0.2) is 22.9 Å². The molecule has 2 heterocycles. The molecule has 7 heteroatoms. The maximum Gasteiger partial charge on any atom is 0.410 e. The number of hydrogen-bond acceptors (Lipinski definition) is 4. The molecule has 1 aromatic rings. The average Bonchev–Trinajstić information content (AvgIpc) is 2.87. The van der Waals surface area contributed by atoms with Crippen LogP contribution in [0.25, 0.3) is 0 Å². The number of carboxylic acids is 1. The number of halogens is 1. The first-order valence-electron chi connectivity index (χ1n) is 7.92. The molecule has 1 aliphatic rings. The zero-order chi connectivity index (χ0) is 18.1. The summed E-state index contributed by atoms with van der Waals surface area (Å²) in [5, 5.41) is 9.90. The van der Waals surface area contributed by atoms with Crippen molar-refractivity contribution in [2.45, 2.75) is 45.6 Å². The highest BCUT2D eigenvalue weighted by Gasteiger charge is 2.54. The summed E-state index contributed by atoms with van der Waals surface area (Å²) in [6, 6.07) is 3.63. The molecule has 2 atom stereocenters. The zero-order valence-corrected chi connectivity index (χ0v) is 16.0. The Kier molecular flexibility index (Phi) is 5.22. The Labute approximate surface area is 150 Å². The first kappa shape index (κ1) is 18.7. The highest BCUT2D eigenvalue weighted by Crippen LogP contribution is 2.47. The van der Waals surface area contributed by atoms with Crippen molar-refractivity contribution in [3.63, 3.8) is 0 Å². The Balaban J connectivity index is 2.39. The van der Waals surface area contributed by atoms with E-state index in [1.807, 2.05) is 13.0 Å². The number of aliphatic carboxylic acids is 1. The molecule has 0 aliphatic carbocycles. The SMILES string of the molecule is CCC1(C(=O)O)CN(C(=O)OC(C)(C)C)CC1c1cccnc1Br. The number of hydrogen-bond donors (Lipinski definition) is 1. The van der Waals surface area contributed by atoms with Gasteiger partial charge in [0.15, 0.2) is 0 Å². The minimum Gasteiger partial charge on any atom is -0.481 e. The molecule has 2 rings (SSSR count). The largest absolute Gasteiger partial charge is 0.481 e. The van der Waals surface area contributed by atoms with Gasteiger partial charge in [0, 0.05) is 25.2 Å². The Morgan fingerprint density at radius 3 is 2.67 bits per heavy atom. The highest BCUT2D eigenvalue weighted by molar-refractivity contribution is 9.10. The van der Waals surface area contributed by atoms with Crippen LogP contribution in [0.2, 0.25) is 0 Å². The Bertz CT molecular complexity index is 644. The predicted molar refractivity (Wildman–Crippen MR) is 92.8 cm³/mol. The fourth-order valence-corrected chi connectivity index (χ4v) is 3.68. The number of pyridine rings is 1. The molecule has 1 amide bonds. The molecule has 1 N–H and O–H groups in total. The summed E-state index contributed by atoms with van der Waals surface area (Å²) in [4.78, 5) is 30.2. The van der Waals surface area contributed by atoms with Gasteiger partial charge in [-0.2, -0.15) is 0 Å². The Hall–Kier alpha value is -1.63. The molecule has 0 saturated carbocycles. The minimum absolute atomic E-state index is 0.125. The van der Waals surface area contributed by atoms with E-state index in [1.165, 1.54) is 4.90 Å². The van der Waals surface area contributed by atoms with Crippen molar-refractivity contribution in [2.75, 3.05) is 13.1 Å². The van der Waals surface area contributed by atoms with Gasteiger partial charge in [-0.15, -0.1) is 0 Å². The van der Waals surface area contributed by atoms with Crippen LogP contribution in [0.5, 0.6) is 0 Å². The Morgan fingerprint density at radius 2 is 2.17 bits per heavy atom. The lowest BCUT2D eigenvalue weighted by molar-refractivity contribution is -0.149. The van der Waals surface area contributed by atoms with E-state index < -0.39 is 23.1 Å². The van der Waals surface area contributed by atoms with E-state index in [0.717, 1.165) is 5.56 Å². The number of carboxylic acid groups (broad SMARTS) is 1. The first-order valence-corrected chi connectivity index (χ1v) is 8.72. The van der Waals surface area contributed by atoms with Gasteiger partial charge in [-0.25, -0.2) is 9.78 Å². The van der Waals surface area contributed by atoms with E-state index >= 15 is 0 Å². The predicted octanol–water partition coefficient (Wildman–Crippen LogP) is 3.66. The number of rotatable bonds is 3. The summed E-state index contributed by atoms with van der Waals surface area (Å²) in [7, 11) is 0. The molecule has 1 aromatic heterocycles. The molecule has 1 fully saturated rings. The van der Waals surface area contributed by atoms with Crippen LogP contribution in [0, 0.1) is 5.41 Å². The third-order valence-corrected chi connectivity index (χ3v) is 5.08. The lowest BCUT2D eigenvalue weighted by Crippen LogP contribution is -2.40. The summed E-state index contributed by atoms with van der Waals surface area (Å²) in [6.45, 7) is 7.63. The third kappa shape index (κ3) is 3.55. The second kappa shape index (κ2) is 6.70. The summed E-state index contributed by atoms with van der Waals surface area (Å²) < 4.78 is 6.03. The van der Waals surface area contributed by atoms with Crippen molar-refractivity contribution in [2.24, 2.45) is 5.41 Å². The molecular formula is C17H23BrN2O4. The molecule has 0 spiro atoms. The van der Waals surface area contributed by atoms with Crippen LogP contribution in [-0.4, -0.2) is 45.7 Å². The second-order valence-electron chi connectivity index (χ2n) is 7.11. The maximum absolute atomic E-state index is 12.4. The molecular weight excluding hydrogens is 376 g/mol. The van der Waals surface area contributed by atoms with Gasteiger partial charge in [0.2, 0.25) is 0 Å². The summed E-state index contributed by atoms with van der Waals surface area (Å²) in [6.07, 6.45) is 1.57. The quantitative estimate of drug-likeness (QED) is 0.785. The van der Waals surface area contributed by atoms with Crippen molar-refractivity contribution >= 4 is 28.0 Å². The van der Waals surface area contributed by atoms with Crippen molar-refractivity contribution < 1.29 is 19.4 Å². The number of amides is 1. The lowest BCUT2D eigenvalue weighted by Gasteiger charge is -2.29. The van der Waals surface area contributed by atoms with Gasteiger partial charge in [0.1, 0.15) is 10.2 Å². The molecule has 0 bridgehead atoms. The van der Waals surface area contributed by atoms with E-state index in [9.17, 15) is 14.7 Å². The average molecular weight is 399 g/mol. The van der Waals surface area contributed by atoms with E-state index in [2.05, 4.69) is 20.9 Å². The summed E-state index contributed by atoms with van der Waals surface area (Å²) >= 11 is 3.40. The second-order valence-corrected chi connectivity index (χ2v) is 7.86. The molecule has 0 aromatic carbocycles. The Morgan fingerprint density at radius 1 is 1.50 bits per heavy atom. The number of ether oxygens (including phenoxy) is 1. The van der Waals surface area contributed by atoms with Gasteiger partial charge in [-0.05, 0) is 54.8 Å². The molecule has 0 radical (unpaired) electrons. The third-order valence-electron chi connectivity index (χ3n) is 4.41. The van der Waals surface area contributed by atoms with Gasteiger partial charge in [-0.1, -0.05) is 13.0 Å². The molecule has 2 unspecified atom stereocenters. The summed E-state index contributed by atoms with van der Waals surface area (Å²) in [5.74, 6) is -1.26. The van der Waals surface area contributed by atoms with Crippen LogP contribution in [0.4, 0.5) is 4.79 Å². The zero-order valence-electron chi connectivity index (χ0n) is 14.4. The van der Waals surface area contributed by atoms with Crippen molar-refractivity contribution in [1.29, 1.82) is 0 Å². The van der Waals surface area contributed by atoms with E-state index in [-0.39, 0.29) is 12.5 Å². The summed E-state index contributed by atoms with van der Waals surface area (Å²) in [5.41, 5.74) is -0.877. The number of aromatic nitrogens is 1. The normalized spacial score (nSPS) is 24.0. The van der Waals surface area contributed by atoms with E-state index in [0.29, 0.717) is 17.6 Å². The molecule has 6 nitrogen and oxygen atoms in total. The molecule has 1 saturated heterocycles. The lowest BCUT2D eigenvalue weighted by atomic mass is 9.73. The fraction of sp³-hybridized carbons (Fsp3) is 0.588. The highest BCUT2D eigenvalue weighted by atomic mass is 79.9. The first-order chi connectivity index (χ1) is 11.1. The molecule has 1 aliphatic heterocycles. The smallest absolute Gasteiger partial charge is 0.410 e. The minimum atomic E-state index is -1.05. The van der Waals surface area contributed by atoms with Crippen molar-refractivity contribution in [3.8, 4) is 0 Å². The van der Waals surface area contributed by atoms with Crippen LogP contribution < -0.4 is 0 Å². The van der Waals surface area contributed by atoms with Gasteiger partial charge in [0.25, 0.3) is 0 Å². The monoisotopic (exact) mass is 398 g/mol. The number of nitrogens with zero attached hydrogens (tertiary/aromatic N) is 2. The van der Waals surface area contributed by atoms with Crippen LogP contribution in [-0.2, 0) is 9.53 Å². The maximum atomic E-state index is 12.4. The van der Waals surface area contributed by atoms with E-state index in [4.69, 9.17) is 4.74 Å². The standard InChI is InChI=1S/C17H23BrN2O4/c1-5-17(14(21)22)10-20(15(23)24-16(2,3)4)9-12(17)11-7-6-8-19-13(11)18/h6-8,12H,5,9-10H2,1-4H3,(H,21,22). The topological polar surface area (TPSA) is 79.7 Å². The number of likely N-dealkylation sites (tertiary alicyclic amines) is 1. The van der Waals surface area contributed by atoms with Crippen molar-refractivity contribution in [3.05, 3.63) is 28.5 Å². The van der Waals surface area contributed by atoms with Crippen LogP contribution >= 0.6 is 15.9 Å². The van der Waals surface area contributed by atoms with Crippen LogP contribution in [0.1, 0.15) is 45.6 Å². The van der Waals surface area contributed by atoms with Gasteiger partial charge in [-0.3, -0.25) is 4.79 Å². The molecule has 132 valence electrons. The van der Waals surface area contributed by atoms with Crippen molar-refractivity contribution in [1.82, 2.24) is 9.88 Å². The van der Waals surface area contributed by atoms with Crippen LogP contribution in [0.3, 0.4) is 0 Å². The fourth-order valence-electron chi connectivity index (χ4n) is 3.16. The van der Waals surface area contributed by atoms with Gasteiger partial charge < -0.3 is 14.7 Å².